The van der Waals surface area contributed by atoms with Crippen molar-refractivity contribution < 1.29 is 9.53 Å². The van der Waals surface area contributed by atoms with Gasteiger partial charge in [-0.15, -0.1) is 11.3 Å². The summed E-state index contributed by atoms with van der Waals surface area (Å²) in [5, 5.41) is 3.86. The third-order valence-corrected chi connectivity index (χ3v) is 5.94. The molecule has 1 heterocycles. The van der Waals surface area contributed by atoms with E-state index in [1.54, 1.807) is 18.4 Å². The average Bonchev–Trinajstić information content (AvgIpc) is 3.19. The molecule has 0 aliphatic rings. The molecule has 0 radical (unpaired) electrons. The lowest BCUT2D eigenvalue weighted by atomic mass is 10.1. The number of carbonyl (C=O) groups excluding carboxylic acids is 1. The fourth-order valence-electron chi connectivity index (χ4n) is 3.20. The summed E-state index contributed by atoms with van der Waals surface area (Å²) in [6, 6.07) is 25.8. The number of ether oxygens (including phenoxy) is 1. The number of carbonyl (C=O) groups is 1. The molecule has 0 saturated carbocycles. The van der Waals surface area contributed by atoms with Gasteiger partial charge >= 0.3 is 0 Å². The molecule has 4 nitrogen and oxygen atoms in total. The number of anilines is 1. The molecule has 0 aliphatic heterocycles. The van der Waals surface area contributed by atoms with E-state index in [0.717, 1.165) is 26.7 Å². The molecular formula is C25H22N2O2S. The molecule has 1 amide bonds. The van der Waals surface area contributed by atoms with Crippen molar-refractivity contribution in [2.75, 3.05) is 12.4 Å². The van der Waals surface area contributed by atoms with Gasteiger partial charge in [0, 0.05) is 5.56 Å². The number of aromatic nitrogens is 1. The fourth-order valence-corrected chi connectivity index (χ4v) is 4.29. The van der Waals surface area contributed by atoms with Crippen LogP contribution in [0.15, 0.2) is 78.9 Å². The van der Waals surface area contributed by atoms with Crippen LogP contribution in [0, 0.1) is 6.92 Å². The molecular weight excluding hydrogens is 392 g/mol. The van der Waals surface area contributed by atoms with Gasteiger partial charge in [0.05, 0.1) is 29.8 Å². The van der Waals surface area contributed by atoms with Crippen LogP contribution in [-0.4, -0.2) is 18.0 Å². The summed E-state index contributed by atoms with van der Waals surface area (Å²) in [6.07, 6.45) is 0.185. The van der Waals surface area contributed by atoms with Gasteiger partial charge in [-0.3, -0.25) is 4.79 Å². The van der Waals surface area contributed by atoms with Gasteiger partial charge < -0.3 is 10.1 Å². The quantitative estimate of drug-likeness (QED) is 0.422. The number of benzene rings is 3. The monoisotopic (exact) mass is 414 g/mol. The number of hydrogen-bond donors (Lipinski definition) is 1. The number of rotatable bonds is 6. The molecule has 1 aromatic heterocycles. The van der Waals surface area contributed by atoms with Crippen LogP contribution >= 0.6 is 11.3 Å². The van der Waals surface area contributed by atoms with Crippen molar-refractivity contribution in [2.24, 2.45) is 0 Å². The predicted molar refractivity (Wildman–Crippen MR) is 123 cm³/mol. The van der Waals surface area contributed by atoms with E-state index < -0.39 is 0 Å². The van der Waals surface area contributed by atoms with Gasteiger partial charge in [0.25, 0.3) is 0 Å². The van der Waals surface area contributed by atoms with Crippen molar-refractivity contribution >= 4 is 22.9 Å². The van der Waals surface area contributed by atoms with E-state index in [1.165, 1.54) is 5.56 Å². The van der Waals surface area contributed by atoms with Gasteiger partial charge in [-0.25, -0.2) is 4.98 Å². The van der Waals surface area contributed by atoms with Crippen molar-refractivity contribution in [2.45, 2.75) is 13.3 Å². The first-order valence-electron chi connectivity index (χ1n) is 9.69. The molecule has 0 bridgehead atoms. The molecule has 5 heteroatoms. The number of para-hydroxylation sites is 2. The molecule has 4 aromatic rings. The van der Waals surface area contributed by atoms with Crippen molar-refractivity contribution in [3.8, 4) is 26.8 Å². The largest absolute Gasteiger partial charge is 0.495 e. The Balaban J connectivity index is 1.66. The molecule has 1 N–H and O–H groups in total. The van der Waals surface area contributed by atoms with Crippen LogP contribution in [-0.2, 0) is 11.2 Å². The van der Waals surface area contributed by atoms with E-state index in [2.05, 4.69) is 36.5 Å². The smallest absolute Gasteiger partial charge is 0.230 e. The van der Waals surface area contributed by atoms with Crippen molar-refractivity contribution in [1.82, 2.24) is 4.98 Å². The lowest BCUT2D eigenvalue weighted by Crippen LogP contribution is -2.15. The minimum absolute atomic E-state index is 0.127. The Kier molecular flexibility index (Phi) is 5.91. The molecule has 30 heavy (non-hydrogen) atoms. The molecule has 3 aromatic carbocycles. The number of hydrogen-bond acceptors (Lipinski definition) is 4. The zero-order valence-electron chi connectivity index (χ0n) is 16.9. The summed E-state index contributed by atoms with van der Waals surface area (Å²) in [4.78, 5) is 18.7. The highest BCUT2D eigenvalue weighted by molar-refractivity contribution is 7.18. The van der Waals surface area contributed by atoms with Crippen molar-refractivity contribution in [3.05, 3.63) is 90.1 Å². The third-order valence-electron chi connectivity index (χ3n) is 4.74. The maximum Gasteiger partial charge on any atom is 0.230 e. The predicted octanol–water partition coefficient (Wildman–Crippen LogP) is 5.98. The topological polar surface area (TPSA) is 51.2 Å². The second-order valence-electron chi connectivity index (χ2n) is 6.95. The van der Waals surface area contributed by atoms with Gasteiger partial charge in [-0.05, 0) is 24.6 Å². The Bertz CT molecular complexity index is 1150. The van der Waals surface area contributed by atoms with Gasteiger partial charge in [-0.1, -0.05) is 72.3 Å². The lowest BCUT2D eigenvalue weighted by molar-refractivity contribution is -0.115. The SMILES string of the molecule is COc1ccccc1NC(=O)Cc1nc(-c2ccccc2)sc1-c1ccc(C)cc1. The minimum Gasteiger partial charge on any atom is -0.495 e. The van der Waals surface area contributed by atoms with Gasteiger partial charge in [0.15, 0.2) is 0 Å². The van der Waals surface area contributed by atoms with Gasteiger partial charge in [0.2, 0.25) is 5.91 Å². The lowest BCUT2D eigenvalue weighted by Gasteiger charge is -2.09. The molecule has 0 aliphatic carbocycles. The summed E-state index contributed by atoms with van der Waals surface area (Å²) < 4.78 is 5.33. The third kappa shape index (κ3) is 4.42. The Morgan fingerprint density at radius 2 is 1.63 bits per heavy atom. The normalized spacial score (nSPS) is 10.6. The van der Waals surface area contributed by atoms with E-state index in [9.17, 15) is 4.79 Å². The standard InChI is InChI=1S/C25H22N2O2S/c1-17-12-14-18(15-13-17)24-21(27-25(30-24)19-8-4-3-5-9-19)16-23(28)26-20-10-6-7-11-22(20)29-2/h3-15H,16H2,1-2H3,(H,26,28). The zero-order valence-corrected chi connectivity index (χ0v) is 17.7. The summed E-state index contributed by atoms with van der Waals surface area (Å²) in [6.45, 7) is 2.06. The molecule has 4 rings (SSSR count). The number of aryl methyl sites for hydroxylation is 1. The van der Waals surface area contributed by atoms with Crippen LogP contribution in [0.1, 0.15) is 11.3 Å². The average molecular weight is 415 g/mol. The van der Waals surface area contributed by atoms with E-state index in [1.807, 2.05) is 54.6 Å². The highest BCUT2D eigenvalue weighted by Crippen LogP contribution is 2.36. The fraction of sp³-hybridized carbons (Fsp3) is 0.120. The number of thiazole rings is 1. The van der Waals surface area contributed by atoms with Crippen LogP contribution in [0.5, 0.6) is 5.75 Å². The highest BCUT2D eigenvalue weighted by atomic mass is 32.1. The van der Waals surface area contributed by atoms with E-state index in [4.69, 9.17) is 9.72 Å². The summed E-state index contributed by atoms with van der Waals surface area (Å²) in [5.41, 5.74) is 4.74. The summed E-state index contributed by atoms with van der Waals surface area (Å²) in [7, 11) is 1.59. The minimum atomic E-state index is -0.127. The second-order valence-corrected chi connectivity index (χ2v) is 7.95. The molecule has 0 atom stereocenters. The van der Waals surface area contributed by atoms with Crippen LogP contribution in [0.4, 0.5) is 5.69 Å². The van der Waals surface area contributed by atoms with E-state index in [-0.39, 0.29) is 12.3 Å². The van der Waals surface area contributed by atoms with Crippen LogP contribution in [0.2, 0.25) is 0 Å². The molecule has 0 unspecified atom stereocenters. The van der Waals surface area contributed by atoms with Crippen LogP contribution in [0.25, 0.3) is 21.0 Å². The van der Waals surface area contributed by atoms with E-state index >= 15 is 0 Å². The first-order valence-corrected chi connectivity index (χ1v) is 10.5. The molecule has 150 valence electrons. The second kappa shape index (κ2) is 8.93. The zero-order chi connectivity index (χ0) is 20.9. The Hall–Kier alpha value is -3.44. The molecule has 0 spiro atoms. The number of nitrogens with zero attached hydrogens (tertiary/aromatic N) is 1. The van der Waals surface area contributed by atoms with Gasteiger partial charge in [-0.2, -0.15) is 0 Å². The maximum atomic E-state index is 12.8. The highest BCUT2D eigenvalue weighted by Gasteiger charge is 2.18. The summed E-state index contributed by atoms with van der Waals surface area (Å²) in [5.74, 6) is 0.505. The number of nitrogens with one attached hydrogen (secondary N) is 1. The van der Waals surface area contributed by atoms with E-state index in [0.29, 0.717) is 11.4 Å². The molecule has 0 saturated heterocycles. The Morgan fingerprint density at radius 3 is 2.37 bits per heavy atom. The Labute approximate surface area is 180 Å². The first kappa shape index (κ1) is 19.9. The maximum absolute atomic E-state index is 12.8. The van der Waals surface area contributed by atoms with Crippen molar-refractivity contribution in [1.29, 1.82) is 0 Å². The number of methoxy groups -OCH3 is 1. The van der Waals surface area contributed by atoms with Crippen molar-refractivity contribution in [3.63, 3.8) is 0 Å². The van der Waals surface area contributed by atoms with Gasteiger partial charge in [0.1, 0.15) is 10.8 Å². The Morgan fingerprint density at radius 1 is 0.933 bits per heavy atom. The molecule has 0 fully saturated rings. The number of amides is 1. The first-order chi connectivity index (χ1) is 14.6. The van der Waals surface area contributed by atoms with Crippen LogP contribution in [0.3, 0.4) is 0 Å². The summed E-state index contributed by atoms with van der Waals surface area (Å²) >= 11 is 1.61. The van der Waals surface area contributed by atoms with Crippen LogP contribution < -0.4 is 10.1 Å².